The monoisotopic (exact) mass is 366 g/mol. The summed E-state index contributed by atoms with van der Waals surface area (Å²) in [6, 6.07) is 5.09. The fraction of sp³-hybridized carbons (Fsp3) is 0.333. The van der Waals surface area contributed by atoms with Crippen LogP contribution in [0.25, 0.3) is 0 Å². The number of nitrogens with one attached hydrogen (secondary N) is 1. The molecular formula is C18H17F3N2OS. The minimum Gasteiger partial charge on any atom is -0.493 e. The number of pyridine rings is 1. The number of rotatable bonds is 4. The van der Waals surface area contributed by atoms with Gasteiger partial charge in [-0.05, 0) is 54.5 Å². The molecule has 3 rings (SSSR count). The zero-order valence-corrected chi connectivity index (χ0v) is 14.2. The van der Waals surface area contributed by atoms with E-state index >= 15 is 0 Å². The second-order valence-electron chi connectivity index (χ2n) is 5.95. The first-order valence-corrected chi connectivity index (χ1v) is 8.93. The van der Waals surface area contributed by atoms with Gasteiger partial charge in [0.2, 0.25) is 5.88 Å². The molecule has 0 aliphatic heterocycles. The number of benzene rings is 1. The van der Waals surface area contributed by atoms with Crippen LogP contribution in [0.4, 0.5) is 13.2 Å². The lowest BCUT2D eigenvalue weighted by Crippen LogP contribution is -2.10. The molecule has 1 aromatic heterocycles. The number of nitrogens with zero attached hydrogens (tertiary/aromatic N) is 1. The molecule has 0 unspecified atom stereocenters. The van der Waals surface area contributed by atoms with Gasteiger partial charge in [0.1, 0.15) is 5.03 Å². The first-order chi connectivity index (χ1) is 11.9. The maximum atomic E-state index is 12.6. The van der Waals surface area contributed by atoms with Crippen LogP contribution in [0.5, 0.6) is 5.88 Å². The third-order valence-electron chi connectivity index (χ3n) is 4.30. The van der Waals surface area contributed by atoms with Crippen molar-refractivity contribution in [2.75, 3.05) is 0 Å². The SMILES string of the molecule is N=Cc1c(O)nc(SCc2ccc(C(F)(F)F)cc2)c2c1CCCC2. The Balaban J connectivity index is 1.82. The zero-order chi connectivity index (χ0) is 18.0. The highest BCUT2D eigenvalue weighted by atomic mass is 32.2. The van der Waals surface area contributed by atoms with Crippen molar-refractivity contribution < 1.29 is 18.3 Å². The molecule has 1 aromatic carbocycles. The molecule has 0 fully saturated rings. The summed E-state index contributed by atoms with van der Waals surface area (Å²) in [7, 11) is 0. The summed E-state index contributed by atoms with van der Waals surface area (Å²) in [4.78, 5) is 4.22. The molecule has 0 atom stereocenters. The molecule has 132 valence electrons. The number of halogens is 3. The lowest BCUT2D eigenvalue weighted by molar-refractivity contribution is -0.137. The molecule has 1 aliphatic rings. The summed E-state index contributed by atoms with van der Waals surface area (Å²) < 4.78 is 37.8. The molecule has 1 heterocycles. The van der Waals surface area contributed by atoms with E-state index in [0.29, 0.717) is 16.3 Å². The van der Waals surface area contributed by atoms with Gasteiger partial charge in [0.05, 0.1) is 11.1 Å². The average Bonchev–Trinajstić information content (AvgIpc) is 2.59. The van der Waals surface area contributed by atoms with Gasteiger partial charge in [-0.1, -0.05) is 12.1 Å². The maximum absolute atomic E-state index is 12.6. The highest BCUT2D eigenvalue weighted by Gasteiger charge is 2.30. The molecule has 0 amide bonds. The van der Waals surface area contributed by atoms with Gasteiger partial charge >= 0.3 is 6.18 Å². The van der Waals surface area contributed by atoms with Gasteiger partial charge in [0.15, 0.2) is 0 Å². The second kappa shape index (κ2) is 7.07. The van der Waals surface area contributed by atoms with Gasteiger partial charge in [-0.25, -0.2) is 4.98 Å². The summed E-state index contributed by atoms with van der Waals surface area (Å²) in [5.41, 5.74) is 2.61. The normalized spacial score (nSPS) is 14.2. The molecule has 2 aromatic rings. The second-order valence-corrected chi connectivity index (χ2v) is 6.91. The maximum Gasteiger partial charge on any atom is 0.416 e. The molecule has 0 bridgehead atoms. The Kier molecular flexibility index (Phi) is 5.03. The summed E-state index contributed by atoms with van der Waals surface area (Å²) >= 11 is 1.41. The lowest BCUT2D eigenvalue weighted by Gasteiger charge is -2.21. The van der Waals surface area contributed by atoms with Gasteiger partial charge in [-0.2, -0.15) is 13.2 Å². The Bertz CT molecular complexity index is 788. The molecule has 0 spiro atoms. The van der Waals surface area contributed by atoms with Crippen LogP contribution in [0.1, 0.15) is 40.7 Å². The van der Waals surface area contributed by atoms with Crippen LogP contribution in [-0.2, 0) is 24.8 Å². The van der Waals surface area contributed by atoms with E-state index in [1.165, 1.54) is 23.9 Å². The van der Waals surface area contributed by atoms with Crippen molar-refractivity contribution in [1.29, 1.82) is 5.41 Å². The molecule has 0 saturated heterocycles. The fourth-order valence-corrected chi connectivity index (χ4v) is 4.06. The highest BCUT2D eigenvalue weighted by molar-refractivity contribution is 7.98. The Morgan fingerprint density at radius 2 is 1.76 bits per heavy atom. The fourth-order valence-electron chi connectivity index (χ4n) is 3.01. The smallest absolute Gasteiger partial charge is 0.416 e. The molecule has 3 nitrogen and oxygen atoms in total. The summed E-state index contributed by atoms with van der Waals surface area (Å²) in [6.45, 7) is 0. The number of hydrogen-bond acceptors (Lipinski definition) is 4. The van der Waals surface area contributed by atoms with Crippen LogP contribution in [0.3, 0.4) is 0 Å². The molecule has 2 N–H and O–H groups in total. The molecular weight excluding hydrogens is 349 g/mol. The van der Waals surface area contributed by atoms with Crippen molar-refractivity contribution in [3.8, 4) is 5.88 Å². The minimum atomic E-state index is -4.33. The molecule has 7 heteroatoms. The van der Waals surface area contributed by atoms with Gasteiger partial charge in [-0.3, -0.25) is 0 Å². The van der Waals surface area contributed by atoms with Crippen LogP contribution >= 0.6 is 11.8 Å². The van der Waals surface area contributed by atoms with Crippen molar-refractivity contribution in [3.63, 3.8) is 0 Å². The quantitative estimate of drug-likeness (QED) is 0.593. The Labute approximate surface area is 147 Å². The lowest BCUT2D eigenvalue weighted by atomic mass is 9.90. The molecule has 0 radical (unpaired) electrons. The third-order valence-corrected chi connectivity index (χ3v) is 5.39. The van der Waals surface area contributed by atoms with E-state index in [9.17, 15) is 18.3 Å². The van der Waals surface area contributed by atoms with Gasteiger partial charge in [-0.15, -0.1) is 11.8 Å². The Morgan fingerprint density at radius 3 is 2.36 bits per heavy atom. The van der Waals surface area contributed by atoms with Crippen LogP contribution in [0.2, 0.25) is 0 Å². The van der Waals surface area contributed by atoms with E-state index in [1.807, 2.05) is 0 Å². The van der Waals surface area contributed by atoms with E-state index in [2.05, 4.69) is 4.98 Å². The number of alkyl halides is 3. The average molecular weight is 366 g/mol. The molecule has 1 aliphatic carbocycles. The van der Waals surface area contributed by atoms with Gasteiger partial charge in [0, 0.05) is 12.0 Å². The summed E-state index contributed by atoms with van der Waals surface area (Å²) in [5.74, 6) is 0.326. The molecule has 0 saturated carbocycles. The van der Waals surface area contributed by atoms with E-state index < -0.39 is 11.7 Å². The van der Waals surface area contributed by atoms with Crippen molar-refractivity contribution >= 4 is 18.0 Å². The van der Waals surface area contributed by atoms with E-state index in [-0.39, 0.29) is 5.88 Å². The number of aromatic nitrogens is 1. The summed E-state index contributed by atoms with van der Waals surface area (Å²) in [5, 5.41) is 18.3. The van der Waals surface area contributed by atoms with Crippen LogP contribution in [0, 0.1) is 5.41 Å². The first kappa shape index (κ1) is 17.8. The Morgan fingerprint density at radius 1 is 1.12 bits per heavy atom. The van der Waals surface area contributed by atoms with Crippen LogP contribution in [-0.4, -0.2) is 16.3 Å². The highest BCUT2D eigenvalue weighted by Crippen LogP contribution is 2.36. The number of thioether (sulfide) groups is 1. The van der Waals surface area contributed by atoms with Gasteiger partial charge in [0.25, 0.3) is 0 Å². The number of fused-ring (bicyclic) bond motifs is 1. The van der Waals surface area contributed by atoms with E-state index in [1.54, 1.807) is 0 Å². The predicted molar refractivity (Wildman–Crippen MR) is 91.4 cm³/mol. The van der Waals surface area contributed by atoms with Crippen molar-refractivity contribution in [1.82, 2.24) is 4.98 Å². The van der Waals surface area contributed by atoms with Crippen LogP contribution in [0.15, 0.2) is 29.3 Å². The van der Waals surface area contributed by atoms with Crippen molar-refractivity contribution in [2.24, 2.45) is 0 Å². The minimum absolute atomic E-state index is 0.148. The largest absolute Gasteiger partial charge is 0.493 e. The zero-order valence-electron chi connectivity index (χ0n) is 13.4. The topological polar surface area (TPSA) is 57.0 Å². The van der Waals surface area contributed by atoms with E-state index in [0.717, 1.165) is 60.7 Å². The van der Waals surface area contributed by atoms with Crippen LogP contribution < -0.4 is 0 Å². The first-order valence-electron chi connectivity index (χ1n) is 7.94. The van der Waals surface area contributed by atoms with Gasteiger partial charge < -0.3 is 10.5 Å². The standard InChI is InChI=1S/C18H17F3N2OS/c19-18(20,21)12-7-5-11(6-8-12)10-25-17-14-4-2-1-3-13(14)15(9-22)16(24)23-17/h5-9,22H,1-4,10H2,(H,23,24). The van der Waals surface area contributed by atoms with Crippen molar-refractivity contribution in [2.45, 2.75) is 42.6 Å². The summed E-state index contributed by atoms with van der Waals surface area (Å²) in [6.07, 6.45) is 0.505. The Hall–Kier alpha value is -2.02. The molecule has 25 heavy (non-hydrogen) atoms. The predicted octanol–water partition coefficient (Wildman–Crippen LogP) is 4.97. The number of aromatic hydroxyl groups is 1. The number of hydrogen-bond donors (Lipinski definition) is 2. The third kappa shape index (κ3) is 3.81. The van der Waals surface area contributed by atoms with Crippen molar-refractivity contribution in [3.05, 3.63) is 52.1 Å². The van der Waals surface area contributed by atoms with E-state index in [4.69, 9.17) is 5.41 Å².